The largest absolute Gasteiger partial charge is 0.480 e. The van der Waals surface area contributed by atoms with Crippen LogP contribution in [0.4, 0.5) is 0 Å². The predicted octanol–water partition coefficient (Wildman–Crippen LogP) is -4.95. The molecule has 0 unspecified atom stereocenters. The fraction of sp³-hybridized carbons (Fsp3) is 0.743. The second-order valence-corrected chi connectivity index (χ2v) is 14.0. The predicted molar refractivity (Wildman–Crippen MR) is 216 cm³/mol. The minimum absolute atomic E-state index is 0.0254. The van der Waals surface area contributed by atoms with E-state index in [1.807, 2.05) is 0 Å². The first-order valence-corrected chi connectivity index (χ1v) is 19.6. The monoisotopic (exact) mass is 829 g/mol. The number of hydrogen-bond acceptors (Lipinski definition) is 13. The molecule has 0 saturated heterocycles. The summed E-state index contributed by atoms with van der Waals surface area (Å²) in [5.41, 5.74) is 38.9. The Balaban J connectivity index is 6.05. The topological polar surface area (TPSA) is 423 Å². The number of amides is 7. The maximum atomic E-state index is 13.8. The van der Waals surface area contributed by atoms with Crippen LogP contribution in [-0.4, -0.2) is 127 Å². The van der Waals surface area contributed by atoms with E-state index < -0.39 is 89.6 Å². The molecule has 0 saturated carbocycles. The Kier molecular flexibility index (Phi) is 27.4. The van der Waals surface area contributed by atoms with Crippen molar-refractivity contribution in [1.29, 1.82) is 0 Å². The average Bonchev–Trinajstić information content (AvgIpc) is 3.16. The number of hydrogen-bond donors (Lipinski definition) is 14. The Morgan fingerprint density at radius 2 is 0.879 bits per heavy atom. The molecule has 0 aromatic heterocycles. The van der Waals surface area contributed by atoms with E-state index in [1.165, 1.54) is 13.8 Å². The van der Waals surface area contributed by atoms with Crippen LogP contribution >= 0.6 is 0 Å². The first-order valence-electron chi connectivity index (χ1n) is 19.6. The van der Waals surface area contributed by atoms with Crippen molar-refractivity contribution in [1.82, 2.24) is 31.9 Å². The molecule has 0 fully saturated rings. The number of aliphatic imine (C=N–C) groups is 1. The zero-order valence-corrected chi connectivity index (χ0v) is 33.8. The number of nitrogens with one attached hydrogen (secondary N) is 6. The van der Waals surface area contributed by atoms with E-state index in [4.69, 9.17) is 40.1 Å². The van der Waals surface area contributed by atoms with Crippen molar-refractivity contribution in [2.75, 3.05) is 26.2 Å². The van der Waals surface area contributed by atoms with Gasteiger partial charge in [0.2, 0.25) is 41.4 Å². The third-order valence-electron chi connectivity index (χ3n) is 8.84. The van der Waals surface area contributed by atoms with E-state index in [1.54, 1.807) is 0 Å². The summed E-state index contributed by atoms with van der Waals surface area (Å²) in [5.74, 6) is -6.74. The molecule has 23 heteroatoms. The minimum Gasteiger partial charge on any atom is -0.480 e. The van der Waals surface area contributed by atoms with Gasteiger partial charge >= 0.3 is 5.97 Å². The highest BCUT2D eigenvalue weighted by Gasteiger charge is 2.32. The van der Waals surface area contributed by atoms with E-state index in [0.717, 1.165) is 0 Å². The number of carboxylic acids is 1. The lowest BCUT2D eigenvalue weighted by Gasteiger charge is -2.27. The van der Waals surface area contributed by atoms with Crippen molar-refractivity contribution in [3.63, 3.8) is 0 Å². The van der Waals surface area contributed by atoms with Crippen LogP contribution in [0.1, 0.15) is 97.3 Å². The first kappa shape index (κ1) is 52.9. The van der Waals surface area contributed by atoms with Crippen LogP contribution in [0.5, 0.6) is 0 Å². The van der Waals surface area contributed by atoms with Gasteiger partial charge in [-0.3, -0.25) is 38.6 Å². The first-order chi connectivity index (χ1) is 27.4. The molecule has 0 aromatic carbocycles. The molecular weight excluding hydrogens is 760 g/mol. The van der Waals surface area contributed by atoms with Gasteiger partial charge in [0.15, 0.2) is 5.96 Å². The van der Waals surface area contributed by atoms with E-state index >= 15 is 0 Å². The maximum absolute atomic E-state index is 13.8. The minimum atomic E-state index is -1.44. The summed E-state index contributed by atoms with van der Waals surface area (Å²) in [4.78, 5) is 106. The number of carboxylic acid groups (broad SMARTS) is 1. The highest BCUT2D eigenvalue weighted by molar-refractivity contribution is 5.96. The molecule has 0 spiro atoms. The molecule has 21 N–H and O–H groups in total. The number of guanidine groups is 1. The highest BCUT2D eigenvalue weighted by atomic mass is 16.4. The number of primary amides is 1. The Morgan fingerprint density at radius 3 is 1.31 bits per heavy atom. The van der Waals surface area contributed by atoms with Gasteiger partial charge in [0, 0.05) is 13.0 Å². The molecule has 0 heterocycles. The van der Waals surface area contributed by atoms with Gasteiger partial charge in [-0.05, 0) is 104 Å². The van der Waals surface area contributed by atoms with E-state index in [-0.39, 0.29) is 51.0 Å². The number of rotatable bonds is 32. The summed E-state index contributed by atoms with van der Waals surface area (Å²) in [5, 5.41) is 24.5. The van der Waals surface area contributed by atoms with Gasteiger partial charge < -0.3 is 77.1 Å². The maximum Gasteiger partial charge on any atom is 0.326 e. The lowest BCUT2D eigenvalue weighted by Crippen LogP contribution is -2.59. The van der Waals surface area contributed by atoms with Crippen molar-refractivity contribution in [2.45, 2.75) is 140 Å². The molecule has 7 atom stereocenters. The molecule has 0 aliphatic rings. The molecular formula is C35H68N14O9. The average molecular weight is 829 g/mol. The summed E-state index contributed by atoms with van der Waals surface area (Å²) in [6, 6.07) is -8.32. The Labute approximate surface area is 339 Å². The molecule has 0 bridgehead atoms. The van der Waals surface area contributed by atoms with Crippen LogP contribution < -0.4 is 72.0 Å². The summed E-state index contributed by atoms with van der Waals surface area (Å²) < 4.78 is 0. The zero-order chi connectivity index (χ0) is 44.2. The smallest absolute Gasteiger partial charge is 0.326 e. The lowest BCUT2D eigenvalue weighted by molar-refractivity contribution is -0.142. The van der Waals surface area contributed by atoms with Gasteiger partial charge in [-0.2, -0.15) is 0 Å². The van der Waals surface area contributed by atoms with Gasteiger partial charge in [-0.1, -0.05) is 6.42 Å². The number of nitrogens with two attached hydrogens (primary N) is 7. The van der Waals surface area contributed by atoms with E-state index in [0.29, 0.717) is 64.6 Å². The van der Waals surface area contributed by atoms with Gasteiger partial charge in [-0.25, -0.2) is 4.79 Å². The van der Waals surface area contributed by atoms with Gasteiger partial charge in [-0.15, -0.1) is 0 Å². The van der Waals surface area contributed by atoms with Crippen LogP contribution in [0.25, 0.3) is 0 Å². The van der Waals surface area contributed by atoms with E-state index in [2.05, 4.69) is 36.9 Å². The standard InChI is InChI=1S/C35H68N14O9/c1-20(28(51)44-21(2)29(52)49-26(34(57)58)14-15-27(40)50)45-31(54)23(11-4-7-17-37)47-33(56)25(13-9-19-43-35(41)42)48-32(55)24(12-5-8-18-38)46-30(53)22(39)10-3-6-16-36/h20-26H,3-19,36-39H2,1-2H3,(H2,40,50)(H,44,51)(H,45,54)(H,46,53)(H,47,56)(H,48,55)(H,49,52)(H,57,58)(H4,41,42,43)/t20-,21-,22-,23-,24-,25-,26-/m0/s1. The normalized spacial score (nSPS) is 14.5. The zero-order valence-electron chi connectivity index (χ0n) is 33.8. The number of carbonyl (C=O) groups excluding carboxylic acids is 7. The fourth-order valence-electron chi connectivity index (χ4n) is 5.38. The second-order valence-electron chi connectivity index (χ2n) is 14.0. The molecule has 332 valence electrons. The van der Waals surface area contributed by atoms with Crippen molar-refractivity contribution < 1.29 is 43.5 Å². The van der Waals surface area contributed by atoms with Gasteiger partial charge in [0.05, 0.1) is 6.04 Å². The van der Waals surface area contributed by atoms with Gasteiger partial charge in [0.1, 0.15) is 36.3 Å². The van der Waals surface area contributed by atoms with Gasteiger partial charge in [0.25, 0.3) is 0 Å². The number of nitrogens with zero attached hydrogens (tertiary/aromatic N) is 1. The molecule has 0 aromatic rings. The third kappa shape index (κ3) is 23.2. The summed E-state index contributed by atoms with van der Waals surface area (Å²) in [6.07, 6.45) is 3.57. The molecule has 7 amide bonds. The molecule has 0 aliphatic carbocycles. The quantitative estimate of drug-likeness (QED) is 0.0172. The molecule has 58 heavy (non-hydrogen) atoms. The number of unbranched alkanes of at least 4 members (excludes halogenated alkanes) is 3. The Morgan fingerprint density at radius 1 is 0.500 bits per heavy atom. The number of aliphatic carboxylic acids is 1. The fourth-order valence-corrected chi connectivity index (χ4v) is 5.38. The van der Waals surface area contributed by atoms with Crippen LogP contribution in [-0.2, 0) is 38.4 Å². The molecule has 0 rings (SSSR count). The third-order valence-corrected chi connectivity index (χ3v) is 8.84. The Bertz CT molecular complexity index is 1370. The van der Waals surface area contributed by atoms with Crippen LogP contribution in [0, 0.1) is 0 Å². The van der Waals surface area contributed by atoms with Crippen molar-refractivity contribution in [2.24, 2.45) is 45.1 Å². The Hall–Kier alpha value is -5.13. The summed E-state index contributed by atoms with van der Waals surface area (Å²) in [7, 11) is 0. The van der Waals surface area contributed by atoms with Crippen molar-refractivity contribution in [3.8, 4) is 0 Å². The summed E-state index contributed by atoms with van der Waals surface area (Å²) >= 11 is 0. The lowest BCUT2D eigenvalue weighted by atomic mass is 10.0. The summed E-state index contributed by atoms with van der Waals surface area (Å²) in [6.45, 7) is 3.83. The van der Waals surface area contributed by atoms with Crippen LogP contribution in [0.3, 0.4) is 0 Å². The molecule has 0 radical (unpaired) electrons. The van der Waals surface area contributed by atoms with Crippen molar-refractivity contribution >= 4 is 53.3 Å². The SMILES string of the molecule is C[C@H](NC(=O)[C@H](C)NC(=O)[C@H](CCCCN)NC(=O)[C@H](CCCN=C(N)N)NC(=O)[C@H](CCCCN)NC(=O)[C@@H](N)CCCCN)C(=O)N[C@@H](CCC(N)=O)C(=O)O. The second kappa shape index (κ2) is 30.0. The van der Waals surface area contributed by atoms with Crippen LogP contribution in [0.2, 0.25) is 0 Å². The molecule has 23 nitrogen and oxygen atoms in total. The van der Waals surface area contributed by atoms with Crippen molar-refractivity contribution in [3.05, 3.63) is 0 Å². The highest BCUT2D eigenvalue weighted by Crippen LogP contribution is 2.09. The van der Waals surface area contributed by atoms with E-state index in [9.17, 15) is 43.5 Å². The van der Waals surface area contributed by atoms with Crippen LogP contribution in [0.15, 0.2) is 4.99 Å². The molecule has 0 aliphatic heterocycles. The number of carbonyl (C=O) groups is 8.